The molecule has 0 spiro atoms. The number of hydrogen-bond acceptors (Lipinski definition) is 6. The maximum atomic E-state index is 12.2. The largest absolute Gasteiger partial charge is 0.462 e. The van der Waals surface area contributed by atoms with Crippen LogP contribution in [-0.2, 0) is 4.74 Å². The van der Waals surface area contributed by atoms with Crippen LogP contribution in [0.4, 0.5) is 11.5 Å². The molecule has 0 unspecified atom stereocenters. The first kappa shape index (κ1) is 19.0. The zero-order valence-electron chi connectivity index (χ0n) is 16.0. The number of hydrogen-bond donors (Lipinski definition) is 1. The Morgan fingerprint density at radius 3 is 2.79 bits per heavy atom. The van der Waals surface area contributed by atoms with Crippen molar-refractivity contribution in [3.63, 3.8) is 0 Å². The molecule has 1 saturated heterocycles. The van der Waals surface area contributed by atoms with E-state index in [9.17, 15) is 4.79 Å². The number of rotatable bonds is 5. The van der Waals surface area contributed by atoms with Gasteiger partial charge >= 0.3 is 5.97 Å². The molecule has 1 aliphatic heterocycles. The van der Waals surface area contributed by atoms with Crippen molar-refractivity contribution in [2.24, 2.45) is 0 Å². The Labute approximate surface area is 170 Å². The highest BCUT2D eigenvalue weighted by molar-refractivity contribution is 6.29. The smallest absolute Gasteiger partial charge is 0.338 e. The zero-order chi connectivity index (χ0) is 19.7. The van der Waals surface area contributed by atoms with Crippen molar-refractivity contribution in [3.05, 3.63) is 46.1 Å². The van der Waals surface area contributed by atoms with Gasteiger partial charge in [0.1, 0.15) is 0 Å². The normalized spacial score (nSPS) is 19.5. The summed E-state index contributed by atoms with van der Waals surface area (Å²) in [6.45, 7) is 3.99. The number of carbonyl (C=O) groups excluding carboxylic acids is 1. The Hall–Kier alpha value is -2.34. The van der Waals surface area contributed by atoms with Gasteiger partial charge < -0.3 is 15.4 Å². The Morgan fingerprint density at radius 2 is 2.04 bits per heavy atom. The summed E-state index contributed by atoms with van der Waals surface area (Å²) < 4.78 is 5.18. The Bertz CT molecular complexity index is 885. The summed E-state index contributed by atoms with van der Waals surface area (Å²) in [6.07, 6.45) is 4.55. The predicted molar refractivity (Wildman–Crippen MR) is 110 cm³/mol. The number of ether oxygens (including phenoxy) is 1. The van der Waals surface area contributed by atoms with E-state index < -0.39 is 0 Å². The highest BCUT2D eigenvalue weighted by Gasteiger charge is 2.31. The summed E-state index contributed by atoms with van der Waals surface area (Å²) in [4.78, 5) is 14.4. The molecule has 2 N–H and O–H groups in total. The summed E-state index contributed by atoms with van der Waals surface area (Å²) in [7, 11) is 0. The van der Waals surface area contributed by atoms with E-state index in [1.54, 1.807) is 6.07 Å². The Balaban J connectivity index is 1.61. The van der Waals surface area contributed by atoms with Crippen molar-refractivity contribution >= 4 is 29.1 Å². The van der Waals surface area contributed by atoms with Crippen LogP contribution in [0.15, 0.2) is 24.3 Å². The van der Waals surface area contributed by atoms with Crippen molar-refractivity contribution in [1.82, 2.24) is 10.2 Å². The van der Waals surface area contributed by atoms with E-state index in [1.165, 1.54) is 24.0 Å². The van der Waals surface area contributed by atoms with Gasteiger partial charge in [0.2, 0.25) is 0 Å². The molecule has 1 aromatic heterocycles. The van der Waals surface area contributed by atoms with Gasteiger partial charge in [0.25, 0.3) is 0 Å². The fraction of sp³-hybridized carbons (Fsp3) is 0.476. The minimum absolute atomic E-state index is 0.244. The second-order valence-electron chi connectivity index (χ2n) is 7.56. The van der Waals surface area contributed by atoms with Gasteiger partial charge in [-0.05, 0) is 61.8 Å². The van der Waals surface area contributed by atoms with E-state index in [-0.39, 0.29) is 5.97 Å². The second kappa shape index (κ2) is 7.95. The van der Waals surface area contributed by atoms with Gasteiger partial charge in [0.05, 0.1) is 17.9 Å². The molecule has 4 rings (SSSR count). The van der Waals surface area contributed by atoms with E-state index in [1.807, 2.05) is 19.1 Å². The molecule has 1 atom stereocenters. The van der Waals surface area contributed by atoms with E-state index in [4.69, 9.17) is 22.1 Å². The monoisotopic (exact) mass is 400 g/mol. The number of nitrogens with zero attached hydrogens (tertiary/aromatic N) is 3. The summed E-state index contributed by atoms with van der Waals surface area (Å²) in [6, 6.07) is 7.85. The van der Waals surface area contributed by atoms with E-state index in [0.717, 1.165) is 31.6 Å². The number of aromatic nitrogens is 2. The third-order valence-corrected chi connectivity index (χ3v) is 5.77. The molecule has 2 aromatic rings. The third-order valence-electron chi connectivity index (χ3n) is 5.59. The first-order chi connectivity index (χ1) is 13.6. The lowest BCUT2D eigenvalue weighted by Crippen LogP contribution is -2.35. The average Bonchev–Trinajstić information content (AvgIpc) is 3.55. The zero-order valence-corrected chi connectivity index (χ0v) is 16.8. The molecular formula is C21H25ClN4O2. The summed E-state index contributed by atoms with van der Waals surface area (Å²) in [5, 5.41) is 8.13. The van der Waals surface area contributed by atoms with Crippen LogP contribution in [0.5, 0.6) is 0 Å². The number of esters is 1. The highest BCUT2D eigenvalue weighted by Crippen LogP contribution is 2.45. The van der Waals surface area contributed by atoms with Crippen molar-refractivity contribution in [1.29, 1.82) is 0 Å². The van der Waals surface area contributed by atoms with Crippen LogP contribution < -0.4 is 10.6 Å². The van der Waals surface area contributed by atoms with Crippen LogP contribution in [0, 0.1) is 0 Å². The molecule has 1 aliphatic carbocycles. The number of nitrogens with two attached hydrogens (primary N) is 1. The number of carbonyl (C=O) groups is 1. The fourth-order valence-electron chi connectivity index (χ4n) is 4.11. The fourth-order valence-corrected chi connectivity index (χ4v) is 4.25. The minimum Gasteiger partial charge on any atom is -0.462 e. The molecule has 1 saturated carbocycles. The van der Waals surface area contributed by atoms with Gasteiger partial charge in [-0.15, -0.1) is 10.2 Å². The lowest BCUT2D eigenvalue weighted by molar-refractivity contribution is 0.0526. The Kier molecular flexibility index (Phi) is 5.40. The maximum absolute atomic E-state index is 12.2. The van der Waals surface area contributed by atoms with Crippen LogP contribution in [-0.4, -0.2) is 35.9 Å². The van der Waals surface area contributed by atoms with E-state index in [0.29, 0.717) is 35.0 Å². The molecule has 2 aliphatic rings. The third kappa shape index (κ3) is 3.92. The van der Waals surface area contributed by atoms with Gasteiger partial charge in [-0.1, -0.05) is 17.7 Å². The first-order valence-corrected chi connectivity index (χ1v) is 10.3. The quantitative estimate of drug-likeness (QED) is 0.759. The van der Waals surface area contributed by atoms with Crippen molar-refractivity contribution in [2.75, 3.05) is 30.3 Å². The number of piperidine rings is 1. The lowest BCUT2D eigenvalue weighted by Gasteiger charge is -2.35. The van der Waals surface area contributed by atoms with E-state index in [2.05, 4.69) is 21.2 Å². The standard InChI is InChI=1S/C21H25ClN4O2/c1-2-28-21(27)14-7-8-16(17(10-14)13-5-6-13)15-4-3-9-26(12-15)18-11-19(22)24-25-20(18)23/h7-8,10-11,13,15H,2-6,9,12H2,1H3,(H2,23,25)/t15-/m0/s1. The summed E-state index contributed by atoms with van der Waals surface area (Å²) in [5.74, 6) is 1.10. The Morgan fingerprint density at radius 1 is 1.21 bits per heavy atom. The summed E-state index contributed by atoms with van der Waals surface area (Å²) >= 11 is 6.04. The van der Waals surface area contributed by atoms with Crippen molar-refractivity contribution in [3.8, 4) is 0 Å². The topological polar surface area (TPSA) is 81.3 Å². The van der Waals surface area contributed by atoms with Gasteiger partial charge in [-0.3, -0.25) is 0 Å². The molecule has 2 heterocycles. The molecule has 1 aromatic carbocycles. The molecule has 2 fully saturated rings. The summed E-state index contributed by atoms with van der Waals surface area (Å²) in [5.41, 5.74) is 10.2. The van der Waals surface area contributed by atoms with Crippen LogP contribution in [0.3, 0.4) is 0 Å². The predicted octanol–water partition coefficient (Wildman–Crippen LogP) is 4.15. The van der Waals surface area contributed by atoms with Crippen LogP contribution >= 0.6 is 11.6 Å². The SMILES string of the molecule is CCOC(=O)c1ccc([C@H]2CCCN(c3cc(Cl)nnc3N)C2)c(C2CC2)c1. The molecule has 7 heteroatoms. The lowest BCUT2D eigenvalue weighted by atomic mass is 9.85. The highest BCUT2D eigenvalue weighted by atomic mass is 35.5. The van der Waals surface area contributed by atoms with Gasteiger partial charge in [-0.25, -0.2) is 4.79 Å². The van der Waals surface area contributed by atoms with Gasteiger partial charge in [0, 0.05) is 25.1 Å². The van der Waals surface area contributed by atoms with Crippen LogP contribution in [0.1, 0.15) is 65.9 Å². The minimum atomic E-state index is -0.244. The molecule has 28 heavy (non-hydrogen) atoms. The molecule has 6 nitrogen and oxygen atoms in total. The number of halogens is 1. The van der Waals surface area contributed by atoms with Crippen molar-refractivity contribution < 1.29 is 9.53 Å². The van der Waals surface area contributed by atoms with E-state index >= 15 is 0 Å². The molecule has 148 valence electrons. The molecule has 0 bridgehead atoms. The maximum Gasteiger partial charge on any atom is 0.338 e. The number of nitrogen functional groups attached to an aromatic ring is 1. The second-order valence-corrected chi connectivity index (χ2v) is 7.95. The van der Waals surface area contributed by atoms with Gasteiger partial charge in [0.15, 0.2) is 11.0 Å². The molecule has 0 radical (unpaired) electrons. The average molecular weight is 401 g/mol. The number of benzene rings is 1. The van der Waals surface area contributed by atoms with Gasteiger partial charge in [-0.2, -0.15) is 0 Å². The first-order valence-electron chi connectivity index (χ1n) is 9.91. The molecular weight excluding hydrogens is 376 g/mol. The number of anilines is 2. The van der Waals surface area contributed by atoms with Crippen LogP contribution in [0.25, 0.3) is 0 Å². The molecule has 0 amide bonds. The van der Waals surface area contributed by atoms with Crippen molar-refractivity contribution in [2.45, 2.75) is 44.4 Å². The van der Waals surface area contributed by atoms with Crippen LogP contribution in [0.2, 0.25) is 5.15 Å².